The zero-order valence-corrected chi connectivity index (χ0v) is 11.1. The van der Waals surface area contributed by atoms with Gasteiger partial charge in [0.2, 0.25) is 0 Å². The van der Waals surface area contributed by atoms with Gasteiger partial charge in [-0.15, -0.1) is 0 Å². The normalized spacial score (nSPS) is 10.9. The zero-order valence-electron chi connectivity index (χ0n) is 11.1. The minimum Gasteiger partial charge on any atom is -0.507 e. The van der Waals surface area contributed by atoms with Gasteiger partial charge in [0.05, 0.1) is 23.7 Å². The molecule has 1 heterocycles. The molecule has 1 aromatic heterocycles. The van der Waals surface area contributed by atoms with Crippen LogP contribution in [0.5, 0.6) is 11.5 Å². The number of ether oxygens (including phenoxy) is 1. The minimum absolute atomic E-state index is 0.0724. The molecule has 0 aliphatic rings. The van der Waals surface area contributed by atoms with E-state index in [1.54, 1.807) is 29.8 Å². The topological polar surface area (TPSA) is 47.3 Å². The molecular formula is C15H13FN2O2. The maximum atomic E-state index is 13.3. The summed E-state index contributed by atoms with van der Waals surface area (Å²) in [5, 5.41) is 10.1. The van der Waals surface area contributed by atoms with E-state index in [2.05, 4.69) is 4.98 Å². The lowest BCUT2D eigenvalue weighted by Crippen LogP contribution is -1.93. The van der Waals surface area contributed by atoms with Gasteiger partial charge in [0.1, 0.15) is 23.1 Å². The second-order valence-corrected chi connectivity index (χ2v) is 4.51. The van der Waals surface area contributed by atoms with Gasteiger partial charge in [-0.3, -0.25) is 0 Å². The molecule has 0 bridgehead atoms. The Bertz CT molecular complexity index is 796. The Balaban J connectivity index is 2.22. The molecule has 0 amide bonds. The fraction of sp³-hybridized carbons (Fsp3) is 0.133. The maximum Gasteiger partial charge on any atom is 0.144 e. The van der Waals surface area contributed by atoms with Crippen LogP contribution in [0.25, 0.3) is 22.4 Å². The third-order valence-electron chi connectivity index (χ3n) is 3.29. The van der Waals surface area contributed by atoms with Crippen LogP contribution in [0.15, 0.2) is 36.4 Å². The predicted octanol–water partition coefficient (Wildman–Crippen LogP) is 3.09. The largest absolute Gasteiger partial charge is 0.507 e. The van der Waals surface area contributed by atoms with Gasteiger partial charge in [0.15, 0.2) is 0 Å². The van der Waals surface area contributed by atoms with E-state index in [0.717, 1.165) is 0 Å². The lowest BCUT2D eigenvalue weighted by molar-refractivity contribution is 0.408. The van der Waals surface area contributed by atoms with Crippen LogP contribution in [0.4, 0.5) is 4.39 Å². The fourth-order valence-electron chi connectivity index (χ4n) is 2.23. The first-order valence-corrected chi connectivity index (χ1v) is 6.09. The summed E-state index contributed by atoms with van der Waals surface area (Å²) in [6.45, 7) is 0. The Labute approximate surface area is 115 Å². The molecule has 0 fully saturated rings. The number of aromatic nitrogens is 2. The lowest BCUT2D eigenvalue weighted by atomic mass is 10.2. The third kappa shape index (κ3) is 1.87. The number of methoxy groups -OCH3 is 1. The standard InChI is InChI=1S/C15H13FN2O2/c1-18-13-7-9(16)3-6-12(13)17-15(18)11-5-4-10(20-2)8-14(11)19/h3-8,19H,1-2H3. The van der Waals surface area contributed by atoms with Gasteiger partial charge in [0, 0.05) is 13.1 Å². The van der Waals surface area contributed by atoms with Crippen molar-refractivity contribution in [2.45, 2.75) is 0 Å². The van der Waals surface area contributed by atoms with E-state index in [1.165, 1.54) is 25.3 Å². The Morgan fingerprint density at radius 2 is 2.00 bits per heavy atom. The second kappa shape index (κ2) is 4.52. The maximum absolute atomic E-state index is 13.3. The summed E-state index contributed by atoms with van der Waals surface area (Å²) in [5.41, 5.74) is 1.93. The quantitative estimate of drug-likeness (QED) is 0.779. The number of hydrogen-bond acceptors (Lipinski definition) is 3. The van der Waals surface area contributed by atoms with Crippen LogP contribution in [-0.4, -0.2) is 21.8 Å². The van der Waals surface area contributed by atoms with E-state index < -0.39 is 0 Å². The molecule has 0 aliphatic heterocycles. The van der Waals surface area contributed by atoms with Gasteiger partial charge in [-0.05, 0) is 30.3 Å². The first kappa shape index (κ1) is 12.5. The SMILES string of the molecule is COc1ccc(-c2nc3ccc(F)cc3n2C)c(O)c1. The molecule has 0 saturated carbocycles. The highest BCUT2D eigenvalue weighted by molar-refractivity contribution is 5.82. The van der Waals surface area contributed by atoms with Crippen molar-refractivity contribution in [2.24, 2.45) is 7.05 Å². The Morgan fingerprint density at radius 1 is 1.20 bits per heavy atom. The molecule has 0 spiro atoms. The monoisotopic (exact) mass is 272 g/mol. The average molecular weight is 272 g/mol. The van der Waals surface area contributed by atoms with Gasteiger partial charge in [0.25, 0.3) is 0 Å². The molecule has 0 radical (unpaired) electrons. The van der Waals surface area contributed by atoms with Crippen LogP contribution in [0.2, 0.25) is 0 Å². The highest BCUT2D eigenvalue weighted by Crippen LogP contribution is 2.33. The summed E-state index contributed by atoms with van der Waals surface area (Å²) in [4.78, 5) is 4.44. The highest BCUT2D eigenvalue weighted by Gasteiger charge is 2.14. The second-order valence-electron chi connectivity index (χ2n) is 4.51. The minimum atomic E-state index is -0.314. The summed E-state index contributed by atoms with van der Waals surface area (Å²) in [6.07, 6.45) is 0. The molecule has 3 rings (SSSR count). The van der Waals surface area contributed by atoms with E-state index in [0.29, 0.717) is 28.2 Å². The van der Waals surface area contributed by atoms with Crippen molar-refractivity contribution in [3.8, 4) is 22.9 Å². The predicted molar refractivity (Wildman–Crippen MR) is 74.3 cm³/mol. The van der Waals surface area contributed by atoms with Crippen molar-refractivity contribution < 1.29 is 14.2 Å². The van der Waals surface area contributed by atoms with Crippen molar-refractivity contribution in [2.75, 3.05) is 7.11 Å². The number of aromatic hydroxyl groups is 1. The first-order chi connectivity index (χ1) is 9.60. The summed E-state index contributed by atoms with van der Waals surface area (Å²) in [6, 6.07) is 9.41. The van der Waals surface area contributed by atoms with E-state index in [4.69, 9.17) is 4.74 Å². The average Bonchev–Trinajstić information content (AvgIpc) is 2.76. The summed E-state index contributed by atoms with van der Waals surface area (Å²) < 4.78 is 20.1. The first-order valence-electron chi connectivity index (χ1n) is 6.09. The number of rotatable bonds is 2. The number of phenolic OH excluding ortho intramolecular Hbond substituents is 1. The molecule has 0 saturated heterocycles. The molecule has 0 unspecified atom stereocenters. The smallest absolute Gasteiger partial charge is 0.144 e. The molecule has 0 atom stereocenters. The lowest BCUT2D eigenvalue weighted by Gasteiger charge is -2.07. The Morgan fingerprint density at radius 3 is 2.70 bits per heavy atom. The molecule has 1 N–H and O–H groups in total. The third-order valence-corrected chi connectivity index (χ3v) is 3.29. The molecule has 2 aromatic carbocycles. The number of nitrogens with zero attached hydrogens (tertiary/aromatic N) is 2. The van der Waals surface area contributed by atoms with E-state index in [-0.39, 0.29) is 11.6 Å². The van der Waals surface area contributed by atoms with E-state index >= 15 is 0 Å². The van der Waals surface area contributed by atoms with Gasteiger partial charge < -0.3 is 14.4 Å². The van der Waals surface area contributed by atoms with Crippen LogP contribution < -0.4 is 4.74 Å². The molecule has 0 aliphatic carbocycles. The van der Waals surface area contributed by atoms with Crippen LogP contribution in [-0.2, 0) is 7.05 Å². The van der Waals surface area contributed by atoms with Gasteiger partial charge in [-0.25, -0.2) is 9.37 Å². The van der Waals surface area contributed by atoms with Crippen LogP contribution >= 0.6 is 0 Å². The fourth-order valence-corrected chi connectivity index (χ4v) is 2.23. The molecule has 4 nitrogen and oxygen atoms in total. The summed E-state index contributed by atoms with van der Waals surface area (Å²) in [7, 11) is 3.32. The molecular weight excluding hydrogens is 259 g/mol. The van der Waals surface area contributed by atoms with Crippen molar-refractivity contribution in [3.63, 3.8) is 0 Å². The molecule has 5 heteroatoms. The van der Waals surface area contributed by atoms with E-state index in [1.807, 2.05) is 0 Å². The zero-order chi connectivity index (χ0) is 14.3. The number of hydrogen-bond donors (Lipinski definition) is 1. The molecule has 20 heavy (non-hydrogen) atoms. The molecule has 102 valence electrons. The summed E-state index contributed by atoms with van der Waals surface area (Å²) >= 11 is 0. The Kier molecular flexibility index (Phi) is 2.82. The summed E-state index contributed by atoms with van der Waals surface area (Å²) in [5.74, 6) is 0.899. The van der Waals surface area contributed by atoms with Gasteiger partial charge in [-0.1, -0.05) is 0 Å². The number of phenols is 1. The van der Waals surface area contributed by atoms with Crippen LogP contribution in [0.1, 0.15) is 0 Å². The molecule has 3 aromatic rings. The number of halogens is 1. The van der Waals surface area contributed by atoms with Crippen molar-refractivity contribution in [3.05, 3.63) is 42.2 Å². The number of benzene rings is 2. The van der Waals surface area contributed by atoms with Gasteiger partial charge >= 0.3 is 0 Å². The van der Waals surface area contributed by atoms with Crippen molar-refractivity contribution >= 4 is 11.0 Å². The van der Waals surface area contributed by atoms with Crippen LogP contribution in [0, 0.1) is 5.82 Å². The van der Waals surface area contributed by atoms with Crippen molar-refractivity contribution in [1.82, 2.24) is 9.55 Å². The highest BCUT2D eigenvalue weighted by atomic mass is 19.1. The Hall–Kier alpha value is -2.56. The number of imidazole rings is 1. The number of aryl methyl sites for hydroxylation is 1. The van der Waals surface area contributed by atoms with Crippen LogP contribution in [0.3, 0.4) is 0 Å². The number of fused-ring (bicyclic) bond motifs is 1. The van der Waals surface area contributed by atoms with E-state index in [9.17, 15) is 9.50 Å². The van der Waals surface area contributed by atoms with Gasteiger partial charge in [-0.2, -0.15) is 0 Å². The van der Waals surface area contributed by atoms with Crippen molar-refractivity contribution in [1.29, 1.82) is 0 Å².